The van der Waals surface area contributed by atoms with Gasteiger partial charge in [0.05, 0.1) is 22.7 Å². The minimum Gasteiger partial charge on any atom is -0.349 e. The lowest BCUT2D eigenvalue weighted by Gasteiger charge is -2.06. The van der Waals surface area contributed by atoms with Crippen molar-refractivity contribution in [3.8, 4) is 11.3 Å². The molecule has 4 rings (SSSR count). The van der Waals surface area contributed by atoms with Gasteiger partial charge >= 0.3 is 0 Å². The van der Waals surface area contributed by atoms with Crippen LogP contribution in [0.25, 0.3) is 16.9 Å². The zero-order valence-electron chi connectivity index (χ0n) is 13.1. The van der Waals surface area contributed by atoms with Crippen LogP contribution in [0.5, 0.6) is 0 Å². The molecule has 0 aliphatic heterocycles. The van der Waals surface area contributed by atoms with E-state index in [1.165, 1.54) is 0 Å². The lowest BCUT2D eigenvalue weighted by Crippen LogP contribution is -2.25. The van der Waals surface area contributed by atoms with Gasteiger partial charge in [-0.3, -0.25) is 13.4 Å². The molecule has 122 valence electrons. The van der Waals surface area contributed by atoms with Crippen LogP contribution in [-0.4, -0.2) is 36.8 Å². The number of amides is 1. The minimum atomic E-state index is -1.20. The summed E-state index contributed by atoms with van der Waals surface area (Å²) in [6.45, 7) is 0. The molecule has 1 atom stereocenters. The normalized spacial score (nSPS) is 15.4. The summed E-state index contributed by atoms with van der Waals surface area (Å²) >= 11 is 0. The summed E-state index contributed by atoms with van der Waals surface area (Å²) in [6.07, 6.45) is 8.87. The fourth-order valence-corrected chi connectivity index (χ4v) is 3.22. The van der Waals surface area contributed by atoms with Gasteiger partial charge in [-0.25, -0.2) is 9.97 Å². The van der Waals surface area contributed by atoms with Crippen molar-refractivity contribution in [3.05, 3.63) is 48.4 Å². The van der Waals surface area contributed by atoms with E-state index in [-0.39, 0.29) is 5.91 Å². The van der Waals surface area contributed by atoms with Gasteiger partial charge in [-0.1, -0.05) is 12.1 Å². The molecule has 24 heavy (non-hydrogen) atoms. The average Bonchev–Trinajstić information content (AvgIpc) is 3.30. The third-order valence-electron chi connectivity index (χ3n) is 4.02. The summed E-state index contributed by atoms with van der Waals surface area (Å²) < 4.78 is 13.6. The molecule has 1 saturated carbocycles. The van der Waals surface area contributed by atoms with Crippen molar-refractivity contribution < 1.29 is 9.00 Å². The predicted molar refractivity (Wildman–Crippen MR) is 91.2 cm³/mol. The van der Waals surface area contributed by atoms with Crippen molar-refractivity contribution in [2.75, 3.05) is 6.26 Å². The minimum absolute atomic E-state index is 0.0324. The van der Waals surface area contributed by atoms with Crippen LogP contribution < -0.4 is 5.32 Å². The lowest BCUT2D eigenvalue weighted by atomic mass is 10.1. The number of imidazole rings is 1. The van der Waals surface area contributed by atoms with E-state index < -0.39 is 10.8 Å². The van der Waals surface area contributed by atoms with Crippen molar-refractivity contribution in [2.24, 2.45) is 0 Å². The molecule has 2 aromatic heterocycles. The molecule has 2 heterocycles. The fraction of sp³-hybridized carbons (Fsp3) is 0.235. The maximum atomic E-state index is 12.1. The van der Waals surface area contributed by atoms with Gasteiger partial charge in [0.15, 0.2) is 10.7 Å². The van der Waals surface area contributed by atoms with Gasteiger partial charge in [-0.2, -0.15) is 0 Å². The molecular weight excluding hydrogens is 324 g/mol. The molecule has 6 nitrogen and oxygen atoms in total. The van der Waals surface area contributed by atoms with Crippen LogP contribution in [0, 0.1) is 0 Å². The molecule has 0 saturated heterocycles. The largest absolute Gasteiger partial charge is 0.349 e. The molecule has 0 bridgehead atoms. The lowest BCUT2D eigenvalue weighted by molar-refractivity contribution is 0.0951. The smallest absolute Gasteiger partial charge is 0.251 e. The highest BCUT2D eigenvalue weighted by molar-refractivity contribution is 7.84. The Hall–Kier alpha value is -2.54. The van der Waals surface area contributed by atoms with E-state index in [0.29, 0.717) is 22.3 Å². The van der Waals surface area contributed by atoms with Crippen LogP contribution in [0.3, 0.4) is 0 Å². The monoisotopic (exact) mass is 340 g/mol. The van der Waals surface area contributed by atoms with Crippen molar-refractivity contribution in [1.82, 2.24) is 19.7 Å². The Balaban J connectivity index is 1.68. The number of carbonyl (C=O) groups excluding carboxylic acids is 1. The molecule has 7 heteroatoms. The maximum Gasteiger partial charge on any atom is 0.251 e. The van der Waals surface area contributed by atoms with E-state index >= 15 is 0 Å². The molecule has 0 spiro atoms. The van der Waals surface area contributed by atoms with Gasteiger partial charge in [0, 0.05) is 35.8 Å². The summed E-state index contributed by atoms with van der Waals surface area (Å²) in [7, 11) is -1.20. The number of rotatable bonds is 4. The number of nitrogens with one attached hydrogen (secondary N) is 1. The summed E-state index contributed by atoms with van der Waals surface area (Å²) in [4.78, 5) is 20.6. The second kappa shape index (κ2) is 5.83. The van der Waals surface area contributed by atoms with Gasteiger partial charge in [-0.05, 0) is 25.0 Å². The van der Waals surface area contributed by atoms with Crippen molar-refractivity contribution in [3.63, 3.8) is 0 Å². The van der Waals surface area contributed by atoms with Crippen LogP contribution in [0.1, 0.15) is 23.2 Å². The molecule has 1 aliphatic carbocycles. The highest BCUT2D eigenvalue weighted by Crippen LogP contribution is 2.24. The van der Waals surface area contributed by atoms with Crippen LogP contribution in [0.2, 0.25) is 0 Å². The third-order valence-corrected chi connectivity index (χ3v) is 4.86. The van der Waals surface area contributed by atoms with Gasteiger partial charge in [-0.15, -0.1) is 0 Å². The highest BCUT2D eigenvalue weighted by Gasteiger charge is 2.23. The van der Waals surface area contributed by atoms with E-state index in [1.54, 1.807) is 24.8 Å². The molecule has 0 radical (unpaired) electrons. The Morgan fingerprint density at radius 3 is 2.67 bits per heavy atom. The van der Waals surface area contributed by atoms with E-state index in [1.807, 2.05) is 28.7 Å². The molecule has 1 fully saturated rings. The molecular formula is C17H16N4O2S. The number of nitrogens with zero attached hydrogens (tertiary/aromatic N) is 3. The maximum absolute atomic E-state index is 12.1. The average molecular weight is 340 g/mol. The Kier molecular flexibility index (Phi) is 3.65. The molecule has 1 aliphatic rings. The number of aromatic nitrogens is 3. The van der Waals surface area contributed by atoms with Gasteiger partial charge < -0.3 is 5.32 Å². The summed E-state index contributed by atoms with van der Waals surface area (Å²) in [5, 5.41) is 3.44. The first kappa shape index (κ1) is 15.0. The van der Waals surface area contributed by atoms with Crippen molar-refractivity contribution in [1.29, 1.82) is 0 Å². The van der Waals surface area contributed by atoms with E-state index in [0.717, 1.165) is 24.1 Å². The Morgan fingerprint density at radius 1 is 1.25 bits per heavy atom. The van der Waals surface area contributed by atoms with Gasteiger partial charge in [0.2, 0.25) is 0 Å². The van der Waals surface area contributed by atoms with Crippen molar-refractivity contribution >= 4 is 22.4 Å². The second-order valence-corrected chi connectivity index (χ2v) is 7.14. The van der Waals surface area contributed by atoms with Crippen LogP contribution in [-0.2, 0) is 10.8 Å². The first-order valence-corrected chi connectivity index (χ1v) is 9.26. The Labute approximate surface area is 141 Å². The quantitative estimate of drug-likeness (QED) is 0.788. The van der Waals surface area contributed by atoms with E-state index in [2.05, 4.69) is 15.3 Å². The highest BCUT2D eigenvalue weighted by atomic mass is 32.2. The molecule has 1 N–H and O–H groups in total. The topological polar surface area (TPSA) is 76.4 Å². The van der Waals surface area contributed by atoms with E-state index in [4.69, 9.17) is 0 Å². The zero-order valence-corrected chi connectivity index (χ0v) is 13.9. The molecule has 1 amide bonds. The van der Waals surface area contributed by atoms with Crippen LogP contribution in [0.15, 0.2) is 47.9 Å². The Morgan fingerprint density at radius 2 is 2.00 bits per heavy atom. The fourth-order valence-electron chi connectivity index (χ4n) is 2.60. The summed E-state index contributed by atoms with van der Waals surface area (Å²) in [5.41, 5.74) is 3.04. The number of carbonyl (C=O) groups is 1. The molecule has 3 aromatic rings. The van der Waals surface area contributed by atoms with Gasteiger partial charge in [0.25, 0.3) is 5.91 Å². The zero-order chi connectivity index (χ0) is 16.7. The predicted octanol–water partition coefficient (Wildman–Crippen LogP) is 2.03. The van der Waals surface area contributed by atoms with Crippen molar-refractivity contribution in [2.45, 2.75) is 23.9 Å². The third kappa shape index (κ3) is 2.71. The number of hydrogen-bond acceptors (Lipinski definition) is 4. The summed E-state index contributed by atoms with van der Waals surface area (Å²) in [5.74, 6) is -0.0324. The SMILES string of the molecule is CS(=O)c1nccn2c(-c3ccc(C(=O)NC4CC4)cc3)cnc12. The summed E-state index contributed by atoms with van der Waals surface area (Å²) in [6, 6.07) is 7.76. The molecule has 1 unspecified atom stereocenters. The number of fused-ring (bicyclic) bond motifs is 1. The first-order valence-electron chi connectivity index (χ1n) is 7.70. The van der Waals surface area contributed by atoms with Gasteiger partial charge in [0.1, 0.15) is 0 Å². The number of hydrogen-bond donors (Lipinski definition) is 1. The van der Waals surface area contributed by atoms with E-state index in [9.17, 15) is 9.00 Å². The van der Waals surface area contributed by atoms with Crippen LogP contribution in [0.4, 0.5) is 0 Å². The second-order valence-electron chi connectivity index (χ2n) is 5.85. The number of benzene rings is 1. The standard InChI is InChI=1S/C17H16N4O2S/c1-24(23)17-15-19-10-14(21(15)9-8-18-17)11-2-4-12(5-3-11)16(22)20-13-6-7-13/h2-5,8-10,13H,6-7H2,1H3,(H,20,22). The first-order chi connectivity index (χ1) is 11.6. The van der Waals surface area contributed by atoms with Crippen LogP contribution >= 0.6 is 0 Å². The molecule has 1 aromatic carbocycles. The Bertz CT molecular complexity index is 945.